The first-order valence-electron chi connectivity index (χ1n) is 10.3. The summed E-state index contributed by atoms with van der Waals surface area (Å²) < 4.78 is 24.3. The molecule has 3 heterocycles. The van der Waals surface area contributed by atoms with Crippen LogP contribution in [0.1, 0.15) is 18.1 Å². The molecule has 10 heteroatoms. The van der Waals surface area contributed by atoms with Crippen molar-refractivity contribution in [3.63, 3.8) is 0 Å². The second kappa shape index (κ2) is 9.36. The van der Waals surface area contributed by atoms with Gasteiger partial charge in [-0.25, -0.2) is 19.3 Å². The Balaban J connectivity index is 1.67. The maximum absolute atomic E-state index is 13.8. The standard InChI is InChI=1S/C23H23FN6O3/c1-23(13-31)12-28-20-15(10-25)7-14(8-17(20)23)18-3-4-26-22(29-18)30-19-9-16(24)11-27-21(19)33-6-5-32-2/h3-4,7-9,11,28,31H,5-6,12-13H2,1-2H3,(H,26,29,30)/t23-/m1/s1. The molecule has 1 aliphatic rings. The number of ether oxygens (including phenoxy) is 2. The van der Waals surface area contributed by atoms with Gasteiger partial charge >= 0.3 is 0 Å². The zero-order valence-electron chi connectivity index (χ0n) is 18.2. The summed E-state index contributed by atoms with van der Waals surface area (Å²) in [4.78, 5) is 12.7. The molecule has 1 aromatic carbocycles. The predicted molar refractivity (Wildman–Crippen MR) is 120 cm³/mol. The van der Waals surface area contributed by atoms with Gasteiger partial charge < -0.3 is 25.2 Å². The Labute approximate surface area is 190 Å². The predicted octanol–water partition coefficient (Wildman–Crippen LogP) is 2.99. The van der Waals surface area contributed by atoms with E-state index in [2.05, 4.69) is 31.7 Å². The van der Waals surface area contributed by atoms with E-state index in [0.29, 0.717) is 30.0 Å². The Morgan fingerprint density at radius 1 is 1.30 bits per heavy atom. The normalized spacial score (nSPS) is 16.6. The number of nitriles is 1. The fourth-order valence-corrected chi connectivity index (χ4v) is 3.62. The third-order valence-electron chi connectivity index (χ3n) is 5.46. The molecule has 3 N–H and O–H groups in total. The van der Waals surface area contributed by atoms with Gasteiger partial charge in [-0.05, 0) is 23.8 Å². The van der Waals surface area contributed by atoms with E-state index in [1.54, 1.807) is 25.4 Å². The molecule has 33 heavy (non-hydrogen) atoms. The highest BCUT2D eigenvalue weighted by Crippen LogP contribution is 2.41. The van der Waals surface area contributed by atoms with Crippen LogP contribution in [0, 0.1) is 17.1 Å². The second-order valence-corrected chi connectivity index (χ2v) is 7.87. The summed E-state index contributed by atoms with van der Waals surface area (Å²) in [5.74, 6) is -0.143. The number of fused-ring (bicyclic) bond motifs is 1. The van der Waals surface area contributed by atoms with E-state index in [1.807, 2.05) is 13.0 Å². The Kier molecular flexibility index (Phi) is 6.35. The Bertz CT molecular complexity index is 1220. The van der Waals surface area contributed by atoms with Crippen molar-refractivity contribution >= 4 is 17.3 Å². The molecule has 0 saturated carbocycles. The number of nitrogens with one attached hydrogen (secondary N) is 2. The fraction of sp³-hybridized carbons (Fsp3) is 0.304. The minimum absolute atomic E-state index is 0.0592. The van der Waals surface area contributed by atoms with Crippen LogP contribution in [-0.4, -0.2) is 53.5 Å². The SMILES string of the molecule is COCCOc1ncc(F)cc1Nc1nccc(-c2cc(C#N)c3c(c2)[C@@](C)(CO)CN3)n1. The number of pyridine rings is 1. The average molecular weight is 450 g/mol. The summed E-state index contributed by atoms with van der Waals surface area (Å²) >= 11 is 0. The lowest BCUT2D eigenvalue weighted by atomic mass is 9.83. The number of hydrogen-bond acceptors (Lipinski definition) is 9. The monoisotopic (exact) mass is 450 g/mol. The van der Waals surface area contributed by atoms with E-state index in [4.69, 9.17) is 9.47 Å². The number of anilines is 3. The number of methoxy groups -OCH3 is 1. The van der Waals surface area contributed by atoms with Crippen LogP contribution < -0.4 is 15.4 Å². The van der Waals surface area contributed by atoms with E-state index in [0.717, 1.165) is 17.4 Å². The molecule has 0 spiro atoms. The zero-order valence-corrected chi connectivity index (χ0v) is 18.2. The van der Waals surface area contributed by atoms with Gasteiger partial charge in [0.05, 0.1) is 36.4 Å². The van der Waals surface area contributed by atoms with Crippen LogP contribution >= 0.6 is 0 Å². The summed E-state index contributed by atoms with van der Waals surface area (Å²) in [7, 11) is 1.55. The van der Waals surface area contributed by atoms with E-state index in [-0.39, 0.29) is 30.7 Å². The topological polar surface area (TPSA) is 125 Å². The summed E-state index contributed by atoms with van der Waals surface area (Å²) in [5.41, 5.74) is 3.08. The van der Waals surface area contributed by atoms with Gasteiger partial charge in [-0.1, -0.05) is 6.92 Å². The van der Waals surface area contributed by atoms with Gasteiger partial charge in [0.25, 0.3) is 0 Å². The highest BCUT2D eigenvalue weighted by atomic mass is 19.1. The summed E-state index contributed by atoms with van der Waals surface area (Å²) in [6.07, 6.45) is 2.62. The van der Waals surface area contributed by atoms with Gasteiger partial charge in [0.2, 0.25) is 11.8 Å². The molecule has 0 radical (unpaired) electrons. The maximum Gasteiger partial charge on any atom is 0.238 e. The van der Waals surface area contributed by atoms with Crippen LogP contribution in [0.25, 0.3) is 11.3 Å². The molecular formula is C23H23FN6O3. The first-order chi connectivity index (χ1) is 16.0. The molecule has 0 fully saturated rings. The van der Waals surface area contributed by atoms with E-state index < -0.39 is 11.2 Å². The number of aliphatic hydroxyl groups excluding tert-OH is 1. The molecule has 0 saturated heterocycles. The van der Waals surface area contributed by atoms with Crippen molar-refractivity contribution < 1.29 is 19.0 Å². The summed E-state index contributed by atoms with van der Waals surface area (Å²) in [6, 6.07) is 8.83. The largest absolute Gasteiger partial charge is 0.474 e. The van der Waals surface area contributed by atoms with Gasteiger partial charge in [0, 0.05) is 36.9 Å². The van der Waals surface area contributed by atoms with Crippen LogP contribution in [-0.2, 0) is 10.2 Å². The highest BCUT2D eigenvalue weighted by Gasteiger charge is 2.36. The molecule has 0 unspecified atom stereocenters. The molecule has 2 aromatic heterocycles. The minimum atomic E-state index is -0.541. The van der Waals surface area contributed by atoms with Crippen molar-refractivity contribution in [2.24, 2.45) is 0 Å². The number of aromatic nitrogens is 3. The Hall–Kier alpha value is -3.81. The van der Waals surface area contributed by atoms with E-state index in [9.17, 15) is 14.8 Å². The van der Waals surface area contributed by atoms with Crippen molar-refractivity contribution in [1.82, 2.24) is 15.0 Å². The summed E-state index contributed by atoms with van der Waals surface area (Å²) in [5, 5.41) is 25.7. The number of halogens is 1. The molecule has 0 bridgehead atoms. The second-order valence-electron chi connectivity index (χ2n) is 7.87. The zero-order chi connectivity index (χ0) is 23.4. The quantitative estimate of drug-likeness (QED) is 0.444. The number of benzene rings is 1. The highest BCUT2D eigenvalue weighted by molar-refractivity contribution is 5.76. The molecule has 1 atom stereocenters. The first-order valence-corrected chi connectivity index (χ1v) is 10.3. The van der Waals surface area contributed by atoms with E-state index >= 15 is 0 Å². The third-order valence-corrected chi connectivity index (χ3v) is 5.46. The molecule has 3 aromatic rings. The number of nitrogens with zero attached hydrogens (tertiary/aromatic N) is 4. The number of aliphatic hydroxyl groups is 1. The third kappa shape index (κ3) is 4.55. The fourth-order valence-electron chi connectivity index (χ4n) is 3.62. The minimum Gasteiger partial charge on any atom is -0.474 e. The lowest BCUT2D eigenvalue weighted by Crippen LogP contribution is -2.28. The molecule has 0 aliphatic carbocycles. The van der Waals surface area contributed by atoms with Crippen LogP contribution in [0.15, 0.2) is 36.7 Å². The number of rotatable bonds is 8. The van der Waals surface area contributed by atoms with Gasteiger partial charge in [-0.2, -0.15) is 5.26 Å². The summed E-state index contributed by atoms with van der Waals surface area (Å²) in [6.45, 7) is 3.01. The molecule has 0 amide bonds. The van der Waals surface area contributed by atoms with Crippen molar-refractivity contribution in [3.8, 4) is 23.2 Å². The molecule has 9 nitrogen and oxygen atoms in total. The van der Waals surface area contributed by atoms with Crippen LogP contribution in [0.4, 0.5) is 21.7 Å². The lowest BCUT2D eigenvalue weighted by molar-refractivity contribution is 0.144. The smallest absolute Gasteiger partial charge is 0.238 e. The van der Waals surface area contributed by atoms with Crippen molar-refractivity contribution in [2.75, 3.05) is 44.1 Å². The van der Waals surface area contributed by atoms with Gasteiger partial charge in [-0.3, -0.25) is 0 Å². The molecule has 170 valence electrons. The van der Waals surface area contributed by atoms with Gasteiger partial charge in [0.1, 0.15) is 24.2 Å². The first kappa shape index (κ1) is 22.4. The molecule has 4 rings (SSSR count). The van der Waals surface area contributed by atoms with Crippen LogP contribution in [0.5, 0.6) is 5.88 Å². The maximum atomic E-state index is 13.8. The molecular weight excluding hydrogens is 427 g/mol. The van der Waals surface area contributed by atoms with Crippen molar-refractivity contribution in [3.05, 3.63) is 53.6 Å². The average Bonchev–Trinajstić information content (AvgIpc) is 3.17. The Morgan fingerprint density at radius 3 is 2.91 bits per heavy atom. The van der Waals surface area contributed by atoms with Crippen LogP contribution in [0.3, 0.4) is 0 Å². The number of hydrogen-bond donors (Lipinski definition) is 3. The van der Waals surface area contributed by atoms with Gasteiger partial charge in [-0.15, -0.1) is 0 Å². The lowest BCUT2D eigenvalue weighted by Gasteiger charge is -2.21. The van der Waals surface area contributed by atoms with Crippen molar-refractivity contribution in [1.29, 1.82) is 5.26 Å². The van der Waals surface area contributed by atoms with Gasteiger partial charge in [0.15, 0.2) is 0 Å². The molecule has 1 aliphatic heterocycles. The van der Waals surface area contributed by atoms with Crippen molar-refractivity contribution in [2.45, 2.75) is 12.3 Å². The Morgan fingerprint density at radius 2 is 2.15 bits per heavy atom. The van der Waals surface area contributed by atoms with E-state index in [1.165, 1.54) is 6.07 Å². The van der Waals surface area contributed by atoms with Crippen LogP contribution in [0.2, 0.25) is 0 Å².